The molecule has 0 aromatic carbocycles. The maximum absolute atomic E-state index is 11.5. The van der Waals surface area contributed by atoms with Crippen molar-refractivity contribution in [2.75, 3.05) is 5.75 Å². The maximum atomic E-state index is 11.5. The van der Waals surface area contributed by atoms with Gasteiger partial charge in [0.05, 0.1) is 0 Å². The first-order valence-electron chi connectivity index (χ1n) is 5.16. The first-order valence-corrected chi connectivity index (χ1v) is 5.80. The van der Waals surface area contributed by atoms with E-state index in [1.165, 1.54) is 0 Å². The summed E-state index contributed by atoms with van der Waals surface area (Å²) in [5.41, 5.74) is -0.470. The molecule has 0 radical (unpaired) electrons. The molecule has 0 unspecified atom stereocenters. The zero-order chi connectivity index (χ0) is 12.3. The van der Waals surface area contributed by atoms with Gasteiger partial charge in [-0.1, -0.05) is 20.8 Å². The van der Waals surface area contributed by atoms with Crippen molar-refractivity contribution in [1.29, 1.82) is 0 Å². The summed E-state index contributed by atoms with van der Waals surface area (Å²) in [5.74, 6) is 0.600. The Morgan fingerprint density at radius 3 is 2.00 bits per heavy atom. The van der Waals surface area contributed by atoms with E-state index in [9.17, 15) is 4.79 Å². The summed E-state index contributed by atoms with van der Waals surface area (Å²) in [4.78, 5) is 11.5. The van der Waals surface area contributed by atoms with Crippen molar-refractivity contribution in [2.45, 2.75) is 53.2 Å². The van der Waals surface area contributed by atoms with E-state index in [0.29, 0.717) is 5.75 Å². The first-order chi connectivity index (χ1) is 6.56. The molecule has 15 heavy (non-hydrogen) atoms. The predicted molar refractivity (Wildman–Crippen MR) is 66.5 cm³/mol. The Morgan fingerprint density at radius 2 is 1.73 bits per heavy atom. The van der Waals surface area contributed by atoms with E-state index in [1.807, 2.05) is 20.8 Å². The minimum absolute atomic E-state index is 0.00989. The molecule has 90 valence electrons. The Morgan fingerprint density at radius 1 is 1.27 bits per heavy atom. The molecule has 0 rings (SSSR count). The number of hydrogen-bond donors (Lipinski definition) is 2. The monoisotopic (exact) mass is 233 g/mol. The Kier molecular flexibility index (Phi) is 4.97. The number of amides is 1. The van der Waals surface area contributed by atoms with Gasteiger partial charge < -0.3 is 10.1 Å². The molecule has 0 heterocycles. The molecule has 0 saturated carbocycles. The van der Waals surface area contributed by atoms with Crippen LogP contribution in [0.2, 0.25) is 0 Å². The zero-order valence-electron chi connectivity index (χ0n) is 10.5. The lowest BCUT2D eigenvalue weighted by Crippen LogP contribution is -2.46. The quantitative estimate of drug-likeness (QED) is 0.720. The minimum atomic E-state index is -0.455. The van der Waals surface area contributed by atoms with Crippen LogP contribution in [-0.2, 0) is 4.74 Å². The number of ether oxygens (including phenoxy) is 1. The van der Waals surface area contributed by atoms with Crippen LogP contribution in [0.3, 0.4) is 0 Å². The summed E-state index contributed by atoms with van der Waals surface area (Å²) in [6.45, 7) is 11.7. The third-order valence-corrected chi connectivity index (χ3v) is 2.28. The van der Waals surface area contributed by atoms with Crippen molar-refractivity contribution in [3.63, 3.8) is 0 Å². The smallest absolute Gasteiger partial charge is 0.407 e. The van der Waals surface area contributed by atoms with Gasteiger partial charge >= 0.3 is 6.09 Å². The van der Waals surface area contributed by atoms with Crippen LogP contribution in [0.4, 0.5) is 4.79 Å². The van der Waals surface area contributed by atoms with E-state index < -0.39 is 5.60 Å². The van der Waals surface area contributed by atoms with Crippen molar-refractivity contribution >= 4 is 18.7 Å². The number of hydrogen-bond acceptors (Lipinski definition) is 3. The fraction of sp³-hybridized carbons (Fsp3) is 0.909. The molecule has 0 aromatic rings. The number of rotatable bonds is 2. The summed E-state index contributed by atoms with van der Waals surface area (Å²) in [5, 5.41) is 2.83. The highest BCUT2D eigenvalue weighted by molar-refractivity contribution is 7.80. The Bertz CT molecular complexity index is 216. The fourth-order valence-electron chi connectivity index (χ4n) is 0.986. The summed E-state index contributed by atoms with van der Waals surface area (Å²) < 4.78 is 5.18. The second kappa shape index (κ2) is 5.10. The van der Waals surface area contributed by atoms with Crippen LogP contribution < -0.4 is 5.32 Å². The minimum Gasteiger partial charge on any atom is -0.444 e. The zero-order valence-corrected chi connectivity index (χ0v) is 11.4. The summed E-state index contributed by atoms with van der Waals surface area (Å²) >= 11 is 4.22. The molecule has 1 amide bonds. The number of nitrogens with one attached hydrogen (secondary N) is 1. The largest absolute Gasteiger partial charge is 0.444 e. The maximum Gasteiger partial charge on any atom is 0.407 e. The average molecular weight is 233 g/mol. The van der Waals surface area contributed by atoms with Crippen molar-refractivity contribution in [2.24, 2.45) is 5.41 Å². The van der Waals surface area contributed by atoms with Gasteiger partial charge in [0.15, 0.2) is 0 Å². The molecule has 0 aromatic heterocycles. The standard InChI is InChI=1S/C11H23NO2S/c1-10(2,3)8(7-15)12-9(13)14-11(4,5)6/h8,15H,7H2,1-6H3,(H,12,13)/t8-/m0/s1. The Balaban J connectivity index is 4.27. The van der Waals surface area contributed by atoms with Crippen molar-refractivity contribution < 1.29 is 9.53 Å². The van der Waals surface area contributed by atoms with Crippen molar-refractivity contribution in [3.8, 4) is 0 Å². The normalized spacial score (nSPS) is 14.6. The van der Waals surface area contributed by atoms with Crippen LogP contribution in [0.1, 0.15) is 41.5 Å². The number of carbonyl (C=O) groups is 1. The molecule has 0 aliphatic carbocycles. The van der Waals surface area contributed by atoms with Crippen LogP contribution in [0.5, 0.6) is 0 Å². The van der Waals surface area contributed by atoms with Gasteiger partial charge in [0.2, 0.25) is 0 Å². The van der Waals surface area contributed by atoms with Gasteiger partial charge in [-0.15, -0.1) is 0 Å². The summed E-state index contributed by atoms with van der Waals surface area (Å²) in [7, 11) is 0. The predicted octanol–water partition coefficient (Wildman–Crippen LogP) is 2.86. The van der Waals surface area contributed by atoms with E-state index in [0.717, 1.165) is 0 Å². The van der Waals surface area contributed by atoms with E-state index in [2.05, 4.69) is 38.7 Å². The molecule has 4 heteroatoms. The van der Waals surface area contributed by atoms with Crippen LogP contribution >= 0.6 is 12.6 Å². The van der Waals surface area contributed by atoms with E-state index in [4.69, 9.17) is 4.74 Å². The molecule has 0 aliphatic rings. The molecule has 0 fully saturated rings. The first kappa shape index (κ1) is 14.6. The number of carbonyl (C=O) groups excluding carboxylic acids is 1. The molecular formula is C11H23NO2S. The molecule has 1 atom stereocenters. The van der Waals surface area contributed by atoms with Crippen LogP contribution in [0.15, 0.2) is 0 Å². The molecule has 0 saturated heterocycles. The second-order valence-electron chi connectivity index (χ2n) is 5.75. The lowest BCUT2D eigenvalue weighted by Gasteiger charge is -2.31. The van der Waals surface area contributed by atoms with Crippen LogP contribution in [-0.4, -0.2) is 23.5 Å². The summed E-state index contributed by atoms with van der Waals surface area (Å²) in [6, 6.07) is 0.00989. The SMILES string of the molecule is CC(C)(C)OC(=O)N[C@@H](CS)C(C)(C)C. The number of thiol groups is 1. The van der Waals surface area contributed by atoms with Crippen LogP contribution in [0.25, 0.3) is 0 Å². The van der Waals surface area contributed by atoms with Gasteiger partial charge in [0.25, 0.3) is 0 Å². The third-order valence-electron chi connectivity index (χ3n) is 1.92. The van der Waals surface area contributed by atoms with Gasteiger partial charge in [0.1, 0.15) is 5.60 Å². The average Bonchev–Trinajstić information content (AvgIpc) is 1.94. The van der Waals surface area contributed by atoms with Gasteiger partial charge in [-0.25, -0.2) is 4.79 Å². The lowest BCUT2D eigenvalue weighted by molar-refractivity contribution is 0.0475. The number of alkyl carbamates (subject to hydrolysis) is 1. The fourth-order valence-corrected chi connectivity index (χ4v) is 1.62. The molecule has 0 aliphatic heterocycles. The lowest BCUT2D eigenvalue weighted by atomic mass is 9.88. The topological polar surface area (TPSA) is 38.3 Å². The van der Waals surface area contributed by atoms with Gasteiger partial charge in [-0.2, -0.15) is 12.6 Å². The Labute approximate surface area is 98.4 Å². The highest BCUT2D eigenvalue weighted by Crippen LogP contribution is 2.20. The molecular weight excluding hydrogens is 210 g/mol. The van der Waals surface area contributed by atoms with Crippen molar-refractivity contribution in [3.05, 3.63) is 0 Å². The molecule has 1 N–H and O–H groups in total. The summed E-state index contributed by atoms with van der Waals surface area (Å²) in [6.07, 6.45) is -0.378. The molecule has 0 spiro atoms. The highest BCUT2D eigenvalue weighted by Gasteiger charge is 2.27. The van der Waals surface area contributed by atoms with Crippen LogP contribution in [0, 0.1) is 5.41 Å². The highest BCUT2D eigenvalue weighted by atomic mass is 32.1. The van der Waals surface area contributed by atoms with Gasteiger partial charge in [0, 0.05) is 11.8 Å². The Hall–Kier alpha value is -0.380. The van der Waals surface area contributed by atoms with E-state index in [-0.39, 0.29) is 17.6 Å². The second-order valence-corrected chi connectivity index (χ2v) is 6.11. The van der Waals surface area contributed by atoms with Gasteiger partial charge in [-0.05, 0) is 26.2 Å². The van der Waals surface area contributed by atoms with E-state index in [1.54, 1.807) is 0 Å². The van der Waals surface area contributed by atoms with Gasteiger partial charge in [-0.3, -0.25) is 0 Å². The molecule has 0 bridgehead atoms. The molecule has 3 nitrogen and oxygen atoms in total. The van der Waals surface area contributed by atoms with E-state index >= 15 is 0 Å². The third kappa shape index (κ3) is 6.66. The van der Waals surface area contributed by atoms with Crippen molar-refractivity contribution in [1.82, 2.24) is 5.32 Å².